The van der Waals surface area contributed by atoms with E-state index in [0.29, 0.717) is 17.4 Å². The van der Waals surface area contributed by atoms with Gasteiger partial charge in [0.15, 0.2) is 6.10 Å². The Labute approximate surface area is 112 Å². The fraction of sp³-hybridized carbons (Fsp3) is 0.462. The van der Waals surface area contributed by atoms with Crippen molar-refractivity contribution in [3.8, 4) is 5.75 Å². The maximum Gasteiger partial charge on any atom is 0.261 e. The average Bonchev–Trinajstić information content (AvgIpc) is 2.32. The molecule has 1 rings (SSSR count). The number of halogens is 1. The molecule has 18 heavy (non-hydrogen) atoms. The topological polar surface area (TPSA) is 47.6 Å². The number of hydrogen-bond donors (Lipinski definition) is 1. The molecule has 0 fully saturated rings. The zero-order chi connectivity index (χ0) is 13.5. The molecule has 2 atom stereocenters. The second kappa shape index (κ2) is 7.24. The Balaban J connectivity index is 2.46. The lowest BCUT2D eigenvalue weighted by Crippen LogP contribution is -2.43. The van der Waals surface area contributed by atoms with Gasteiger partial charge in [0.2, 0.25) is 0 Å². The Morgan fingerprint density at radius 3 is 2.50 bits per heavy atom. The second-order valence-corrected chi connectivity index (χ2v) is 4.52. The third kappa shape index (κ3) is 4.94. The van der Waals surface area contributed by atoms with E-state index in [0.717, 1.165) is 0 Å². The number of rotatable bonds is 6. The molecule has 1 aromatic carbocycles. The van der Waals surface area contributed by atoms with Crippen LogP contribution in [0.4, 0.5) is 0 Å². The first-order valence-corrected chi connectivity index (χ1v) is 6.12. The van der Waals surface area contributed by atoms with Gasteiger partial charge in [0.05, 0.1) is 6.61 Å². The lowest BCUT2D eigenvalue weighted by Gasteiger charge is -2.18. The van der Waals surface area contributed by atoms with E-state index in [1.165, 1.54) is 0 Å². The molecule has 5 heteroatoms. The molecule has 1 N–H and O–H groups in total. The lowest BCUT2D eigenvalue weighted by atomic mass is 10.3. The highest BCUT2D eigenvalue weighted by molar-refractivity contribution is 6.30. The van der Waals surface area contributed by atoms with Crippen LogP contribution < -0.4 is 10.1 Å². The quantitative estimate of drug-likeness (QED) is 0.863. The molecule has 0 aromatic heterocycles. The van der Waals surface area contributed by atoms with Gasteiger partial charge in [-0.1, -0.05) is 11.6 Å². The predicted molar refractivity (Wildman–Crippen MR) is 71.0 cm³/mol. The number of nitrogens with one attached hydrogen (secondary N) is 1. The van der Waals surface area contributed by atoms with E-state index in [1.807, 2.05) is 6.92 Å². The van der Waals surface area contributed by atoms with Gasteiger partial charge in [-0.25, -0.2) is 0 Å². The molecule has 0 spiro atoms. The minimum atomic E-state index is -0.564. The van der Waals surface area contributed by atoms with E-state index in [9.17, 15) is 4.79 Å². The van der Waals surface area contributed by atoms with Crippen molar-refractivity contribution in [1.82, 2.24) is 5.32 Å². The van der Waals surface area contributed by atoms with Crippen LogP contribution in [0.15, 0.2) is 24.3 Å². The Kier molecular flexibility index (Phi) is 5.95. The van der Waals surface area contributed by atoms with Crippen LogP contribution in [0.2, 0.25) is 5.02 Å². The van der Waals surface area contributed by atoms with Gasteiger partial charge in [0.1, 0.15) is 5.75 Å². The summed E-state index contributed by atoms with van der Waals surface area (Å²) in [5.74, 6) is 0.441. The number of methoxy groups -OCH3 is 1. The average molecular weight is 272 g/mol. The van der Waals surface area contributed by atoms with Crippen LogP contribution in [0.25, 0.3) is 0 Å². The van der Waals surface area contributed by atoms with Crippen LogP contribution in [0.1, 0.15) is 13.8 Å². The molecule has 1 amide bonds. The summed E-state index contributed by atoms with van der Waals surface area (Å²) in [6.45, 7) is 4.04. The lowest BCUT2D eigenvalue weighted by molar-refractivity contribution is -0.128. The molecule has 0 heterocycles. The van der Waals surface area contributed by atoms with Crippen molar-refractivity contribution in [2.24, 2.45) is 0 Å². The number of benzene rings is 1. The third-order valence-corrected chi connectivity index (χ3v) is 2.55. The standard InChI is InChI=1S/C13H18ClNO3/c1-9(8-17-3)15-13(16)10(2)18-12-6-4-11(14)5-7-12/h4-7,9-10H,8H2,1-3H3,(H,15,16)/t9-,10+/m1/s1. The highest BCUT2D eigenvalue weighted by atomic mass is 35.5. The molecule has 0 saturated carbocycles. The summed E-state index contributed by atoms with van der Waals surface area (Å²) < 4.78 is 10.4. The highest BCUT2D eigenvalue weighted by Gasteiger charge is 2.16. The van der Waals surface area contributed by atoms with Crippen molar-refractivity contribution >= 4 is 17.5 Å². The maximum absolute atomic E-state index is 11.8. The van der Waals surface area contributed by atoms with Crippen molar-refractivity contribution in [3.05, 3.63) is 29.3 Å². The molecule has 0 aliphatic rings. The number of ether oxygens (including phenoxy) is 2. The number of carbonyl (C=O) groups is 1. The first-order chi connectivity index (χ1) is 8.52. The smallest absolute Gasteiger partial charge is 0.261 e. The summed E-state index contributed by atoms with van der Waals surface area (Å²) in [6.07, 6.45) is -0.564. The number of carbonyl (C=O) groups excluding carboxylic acids is 1. The molecule has 1 aromatic rings. The molecule has 0 saturated heterocycles. The summed E-state index contributed by atoms with van der Waals surface area (Å²) >= 11 is 5.77. The second-order valence-electron chi connectivity index (χ2n) is 4.08. The minimum absolute atomic E-state index is 0.0428. The maximum atomic E-state index is 11.8. The first kappa shape index (κ1) is 14.8. The Morgan fingerprint density at radius 2 is 1.94 bits per heavy atom. The van der Waals surface area contributed by atoms with E-state index in [1.54, 1.807) is 38.3 Å². The summed E-state index contributed by atoms with van der Waals surface area (Å²) in [5.41, 5.74) is 0. The Bertz CT molecular complexity index is 380. The molecule has 100 valence electrons. The monoisotopic (exact) mass is 271 g/mol. The molecule has 0 aliphatic heterocycles. The number of amides is 1. The van der Waals surface area contributed by atoms with Crippen molar-refractivity contribution < 1.29 is 14.3 Å². The van der Waals surface area contributed by atoms with Gasteiger partial charge in [-0.2, -0.15) is 0 Å². The fourth-order valence-electron chi connectivity index (χ4n) is 1.42. The Hall–Kier alpha value is -1.26. The normalized spacial score (nSPS) is 13.8. The SMILES string of the molecule is COC[C@@H](C)NC(=O)[C@H](C)Oc1ccc(Cl)cc1. The summed E-state index contributed by atoms with van der Waals surface area (Å²) in [6, 6.07) is 6.85. The van der Waals surface area contributed by atoms with Crippen molar-refractivity contribution in [2.75, 3.05) is 13.7 Å². The van der Waals surface area contributed by atoms with Crippen LogP contribution in [-0.4, -0.2) is 31.8 Å². The molecule has 4 nitrogen and oxygen atoms in total. The fourth-order valence-corrected chi connectivity index (χ4v) is 1.55. The van der Waals surface area contributed by atoms with Crippen LogP contribution >= 0.6 is 11.6 Å². The highest BCUT2D eigenvalue weighted by Crippen LogP contribution is 2.16. The van der Waals surface area contributed by atoms with E-state index in [2.05, 4.69) is 5.32 Å². The van der Waals surface area contributed by atoms with Gasteiger partial charge in [0, 0.05) is 18.2 Å². The summed E-state index contributed by atoms with van der Waals surface area (Å²) in [5, 5.41) is 3.43. The van der Waals surface area contributed by atoms with Gasteiger partial charge in [-0.3, -0.25) is 4.79 Å². The first-order valence-electron chi connectivity index (χ1n) is 5.74. The molecule has 0 radical (unpaired) electrons. The molecule has 0 aliphatic carbocycles. The zero-order valence-corrected chi connectivity index (χ0v) is 11.5. The zero-order valence-electron chi connectivity index (χ0n) is 10.8. The van der Waals surface area contributed by atoms with Crippen LogP contribution in [0.5, 0.6) is 5.75 Å². The molecular formula is C13H18ClNO3. The van der Waals surface area contributed by atoms with E-state index in [4.69, 9.17) is 21.1 Å². The van der Waals surface area contributed by atoms with E-state index < -0.39 is 6.10 Å². The number of hydrogen-bond acceptors (Lipinski definition) is 3. The van der Waals surface area contributed by atoms with Crippen LogP contribution in [-0.2, 0) is 9.53 Å². The van der Waals surface area contributed by atoms with Gasteiger partial charge in [-0.05, 0) is 38.1 Å². The van der Waals surface area contributed by atoms with Crippen molar-refractivity contribution in [2.45, 2.75) is 26.0 Å². The van der Waals surface area contributed by atoms with Gasteiger partial charge in [0.25, 0.3) is 5.91 Å². The van der Waals surface area contributed by atoms with E-state index in [-0.39, 0.29) is 11.9 Å². The molecule has 0 bridgehead atoms. The predicted octanol–water partition coefficient (Wildman–Crippen LogP) is 2.26. The van der Waals surface area contributed by atoms with E-state index >= 15 is 0 Å². The van der Waals surface area contributed by atoms with Crippen molar-refractivity contribution in [3.63, 3.8) is 0 Å². The van der Waals surface area contributed by atoms with Crippen LogP contribution in [0, 0.1) is 0 Å². The van der Waals surface area contributed by atoms with Crippen molar-refractivity contribution in [1.29, 1.82) is 0 Å². The van der Waals surface area contributed by atoms with Gasteiger partial charge >= 0.3 is 0 Å². The summed E-state index contributed by atoms with van der Waals surface area (Å²) in [7, 11) is 1.59. The third-order valence-electron chi connectivity index (χ3n) is 2.30. The van der Waals surface area contributed by atoms with Gasteiger partial charge in [-0.15, -0.1) is 0 Å². The summed E-state index contributed by atoms with van der Waals surface area (Å²) in [4.78, 5) is 11.8. The van der Waals surface area contributed by atoms with Crippen LogP contribution in [0.3, 0.4) is 0 Å². The minimum Gasteiger partial charge on any atom is -0.481 e. The Morgan fingerprint density at radius 1 is 1.33 bits per heavy atom. The van der Waals surface area contributed by atoms with Gasteiger partial charge < -0.3 is 14.8 Å². The largest absolute Gasteiger partial charge is 0.481 e. The molecular weight excluding hydrogens is 254 g/mol. The molecule has 0 unspecified atom stereocenters.